The van der Waals surface area contributed by atoms with Gasteiger partial charge in [-0.15, -0.1) is 10.2 Å². The lowest BCUT2D eigenvalue weighted by molar-refractivity contribution is 0.470. The van der Waals surface area contributed by atoms with Crippen molar-refractivity contribution in [3.05, 3.63) is 30.9 Å². The molecule has 6 nitrogen and oxygen atoms in total. The van der Waals surface area contributed by atoms with Crippen LogP contribution in [0.3, 0.4) is 0 Å². The second-order valence-electron chi connectivity index (χ2n) is 5.11. The first-order chi connectivity index (χ1) is 9.16. The Hall–Kier alpha value is -1.69. The lowest BCUT2D eigenvalue weighted by Gasteiger charge is -2.15. The number of nitrogens with one attached hydrogen (secondary N) is 1. The van der Waals surface area contributed by atoms with Crippen LogP contribution in [0.25, 0.3) is 0 Å². The van der Waals surface area contributed by atoms with Gasteiger partial charge in [-0.25, -0.2) is 4.98 Å². The highest BCUT2D eigenvalue weighted by atomic mass is 15.3. The van der Waals surface area contributed by atoms with E-state index in [0.29, 0.717) is 12.1 Å². The van der Waals surface area contributed by atoms with Gasteiger partial charge in [0.05, 0.1) is 6.33 Å². The average molecular weight is 262 g/mol. The van der Waals surface area contributed by atoms with Gasteiger partial charge in [0.25, 0.3) is 0 Å². The van der Waals surface area contributed by atoms with Crippen molar-refractivity contribution >= 4 is 0 Å². The highest BCUT2D eigenvalue weighted by Gasteiger charge is 2.08. The Morgan fingerprint density at radius 2 is 2.11 bits per heavy atom. The minimum absolute atomic E-state index is 0.407. The molecular weight excluding hydrogens is 240 g/mol. The molecule has 0 amide bonds. The van der Waals surface area contributed by atoms with E-state index in [1.807, 2.05) is 12.5 Å². The number of hydrogen-bond donors (Lipinski definition) is 1. The van der Waals surface area contributed by atoms with Gasteiger partial charge in [0.15, 0.2) is 0 Å². The molecule has 104 valence electrons. The van der Waals surface area contributed by atoms with Gasteiger partial charge in [-0.2, -0.15) is 0 Å². The fourth-order valence-electron chi connectivity index (χ4n) is 2.08. The quantitative estimate of drug-likeness (QED) is 0.816. The predicted octanol–water partition coefficient (Wildman–Crippen LogP) is 1.28. The second kappa shape index (κ2) is 6.47. The summed E-state index contributed by atoms with van der Waals surface area (Å²) in [5, 5.41) is 11.6. The van der Waals surface area contributed by atoms with Crippen LogP contribution < -0.4 is 5.32 Å². The minimum atomic E-state index is 0.407. The van der Waals surface area contributed by atoms with Gasteiger partial charge in [0, 0.05) is 44.0 Å². The summed E-state index contributed by atoms with van der Waals surface area (Å²) in [5.74, 6) is 1.04. The van der Waals surface area contributed by atoms with Gasteiger partial charge in [0.1, 0.15) is 12.2 Å². The molecule has 0 aliphatic heterocycles. The van der Waals surface area contributed by atoms with E-state index in [2.05, 4.69) is 50.4 Å². The summed E-state index contributed by atoms with van der Waals surface area (Å²) < 4.78 is 4.19. The summed E-state index contributed by atoms with van der Waals surface area (Å²) in [6.45, 7) is 8.29. The Kier molecular flexibility index (Phi) is 4.68. The zero-order valence-electron chi connectivity index (χ0n) is 11.8. The third kappa shape index (κ3) is 3.89. The maximum Gasteiger partial charge on any atom is 0.134 e. The Balaban J connectivity index is 1.75. The molecule has 1 N–H and O–H groups in total. The first kappa shape index (κ1) is 13.7. The van der Waals surface area contributed by atoms with Crippen LogP contribution in [0.4, 0.5) is 0 Å². The fourth-order valence-corrected chi connectivity index (χ4v) is 2.08. The highest BCUT2D eigenvalue weighted by molar-refractivity contribution is 4.89. The molecule has 0 unspecified atom stereocenters. The third-order valence-corrected chi connectivity index (χ3v) is 3.09. The van der Waals surface area contributed by atoms with E-state index < -0.39 is 0 Å². The number of aromatic nitrogens is 5. The maximum absolute atomic E-state index is 4.17. The van der Waals surface area contributed by atoms with Crippen molar-refractivity contribution < 1.29 is 0 Å². The normalized spacial score (nSPS) is 13.1. The van der Waals surface area contributed by atoms with Crippen LogP contribution in [0.5, 0.6) is 0 Å². The standard InChI is InChI=1S/C13H22N6/c1-11(2)19-10-16-17-13(19)4-5-15-12(3)8-18-7-6-14-9-18/h6-7,9-12,15H,4-5,8H2,1-3H3/t12-/m1/s1. The van der Waals surface area contributed by atoms with Crippen LogP contribution in [0.2, 0.25) is 0 Å². The molecule has 19 heavy (non-hydrogen) atoms. The number of hydrogen-bond acceptors (Lipinski definition) is 4. The summed E-state index contributed by atoms with van der Waals surface area (Å²) in [4.78, 5) is 4.04. The molecule has 2 aromatic rings. The SMILES string of the molecule is CC(C)n1cnnc1CCN[C@H](C)Cn1ccnc1. The summed E-state index contributed by atoms with van der Waals surface area (Å²) in [5.41, 5.74) is 0. The average Bonchev–Trinajstić information content (AvgIpc) is 2.99. The van der Waals surface area contributed by atoms with Gasteiger partial charge in [-0.05, 0) is 20.8 Å². The van der Waals surface area contributed by atoms with Crippen molar-refractivity contribution in [2.45, 2.75) is 45.8 Å². The van der Waals surface area contributed by atoms with Crippen LogP contribution >= 0.6 is 0 Å². The van der Waals surface area contributed by atoms with E-state index >= 15 is 0 Å². The largest absolute Gasteiger partial charge is 0.336 e. The smallest absolute Gasteiger partial charge is 0.134 e. The molecule has 2 aromatic heterocycles. The molecule has 0 spiro atoms. The Morgan fingerprint density at radius 1 is 1.26 bits per heavy atom. The predicted molar refractivity (Wildman–Crippen MR) is 73.8 cm³/mol. The maximum atomic E-state index is 4.17. The van der Waals surface area contributed by atoms with Crippen LogP contribution in [-0.2, 0) is 13.0 Å². The van der Waals surface area contributed by atoms with Gasteiger partial charge in [-0.3, -0.25) is 0 Å². The molecule has 0 fully saturated rings. The molecule has 0 saturated carbocycles. The van der Waals surface area contributed by atoms with E-state index in [0.717, 1.165) is 25.3 Å². The fraction of sp³-hybridized carbons (Fsp3) is 0.615. The van der Waals surface area contributed by atoms with E-state index in [-0.39, 0.29) is 0 Å². The number of imidazole rings is 1. The zero-order valence-corrected chi connectivity index (χ0v) is 11.8. The molecule has 0 aliphatic rings. The van der Waals surface area contributed by atoms with E-state index in [1.165, 1.54) is 0 Å². The monoisotopic (exact) mass is 262 g/mol. The number of rotatable bonds is 7. The first-order valence-electron chi connectivity index (χ1n) is 6.74. The van der Waals surface area contributed by atoms with Crippen molar-refractivity contribution in [3.63, 3.8) is 0 Å². The summed E-state index contributed by atoms with van der Waals surface area (Å²) in [7, 11) is 0. The Labute approximate surface area is 113 Å². The molecule has 1 atom stereocenters. The van der Waals surface area contributed by atoms with E-state index in [9.17, 15) is 0 Å². The van der Waals surface area contributed by atoms with Crippen LogP contribution in [0, 0.1) is 0 Å². The summed E-state index contributed by atoms with van der Waals surface area (Å²) in [6.07, 6.45) is 8.32. The number of nitrogens with zero attached hydrogens (tertiary/aromatic N) is 5. The molecule has 0 aliphatic carbocycles. The molecule has 6 heteroatoms. The molecule has 0 radical (unpaired) electrons. The van der Waals surface area contributed by atoms with Crippen LogP contribution in [-0.4, -0.2) is 36.9 Å². The van der Waals surface area contributed by atoms with E-state index in [4.69, 9.17) is 0 Å². The van der Waals surface area contributed by atoms with Crippen molar-refractivity contribution in [2.24, 2.45) is 0 Å². The van der Waals surface area contributed by atoms with Gasteiger partial charge < -0.3 is 14.5 Å². The Bertz CT molecular complexity index is 473. The Morgan fingerprint density at radius 3 is 2.79 bits per heavy atom. The first-order valence-corrected chi connectivity index (χ1v) is 6.74. The molecule has 0 aromatic carbocycles. The van der Waals surface area contributed by atoms with Crippen molar-refractivity contribution in [3.8, 4) is 0 Å². The highest BCUT2D eigenvalue weighted by Crippen LogP contribution is 2.06. The minimum Gasteiger partial charge on any atom is -0.336 e. The lowest BCUT2D eigenvalue weighted by atomic mass is 10.3. The molecule has 0 saturated heterocycles. The van der Waals surface area contributed by atoms with Crippen molar-refractivity contribution in [1.82, 2.24) is 29.6 Å². The topological polar surface area (TPSA) is 60.6 Å². The molecular formula is C13H22N6. The van der Waals surface area contributed by atoms with Crippen molar-refractivity contribution in [1.29, 1.82) is 0 Å². The summed E-state index contributed by atoms with van der Waals surface area (Å²) >= 11 is 0. The van der Waals surface area contributed by atoms with Crippen molar-refractivity contribution in [2.75, 3.05) is 6.54 Å². The van der Waals surface area contributed by atoms with Gasteiger partial charge in [-0.1, -0.05) is 0 Å². The molecule has 2 heterocycles. The second-order valence-corrected chi connectivity index (χ2v) is 5.11. The van der Waals surface area contributed by atoms with Crippen LogP contribution in [0.1, 0.15) is 32.6 Å². The molecule has 2 rings (SSSR count). The summed E-state index contributed by atoms with van der Waals surface area (Å²) in [6, 6.07) is 0.818. The van der Waals surface area contributed by atoms with Crippen LogP contribution in [0.15, 0.2) is 25.0 Å². The zero-order chi connectivity index (χ0) is 13.7. The third-order valence-electron chi connectivity index (χ3n) is 3.09. The lowest BCUT2D eigenvalue weighted by Crippen LogP contribution is -2.32. The van der Waals surface area contributed by atoms with Gasteiger partial charge in [0.2, 0.25) is 0 Å². The van der Waals surface area contributed by atoms with Gasteiger partial charge >= 0.3 is 0 Å². The van der Waals surface area contributed by atoms with E-state index in [1.54, 1.807) is 12.5 Å². The molecule has 0 bridgehead atoms.